The van der Waals surface area contributed by atoms with E-state index < -0.39 is 0 Å². The molecule has 1 nitrogen and oxygen atoms in total. The monoisotopic (exact) mass is 299 g/mol. The first-order chi connectivity index (χ1) is 11.2. The highest BCUT2D eigenvalue weighted by Gasteiger charge is 2.14. The summed E-state index contributed by atoms with van der Waals surface area (Å²) in [6.45, 7) is 4.47. The minimum Gasteiger partial charge on any atom is -0.192 e. The van der Waals surface area contributed by atoms with Gasteiger partial charge in [-0.05, 0) is 65.7 Å². The molecule has 0 heterocycles. The lowest BCUT2D eigenvalue weighted by molar-refractivity contribution is 0.734. The summed E-state index contributed by atoms with van der Waals surface area (Å²) in [5, 5.41) is 8.92. The minimum absolute atomic E-state index is 0.594. The second-order valence-corrected chi connectivity index (χ2v) is 6.32. The summed E-state index contributed by atoms with van der Waals surface area (Å²) in [5.41, 5.74) is 7.36. The maximum Gasteiger partial charge on any atom is 0.0991 e. The zero-order chi connectivity index (χ0) is 16.2. The molecule has 0 radical (unpaired) electrons. The molecule has 23 heavy (non-hydrogen) atoms. The van der Waals surface area contributed by atoms with E-state index in [0.717, 1.165) is 12.8 Å². The average molecular weight is 299 g/mol. The number of benzene rings is 2. The van der Waals surface area contributed by atoms with Gasteiger partial charge in [-0.3, -0.25) is 0 Å². The summed E-state index contributed by atoms with van der Waals surface area (Å²) in [4.78, 5) is 0. The molecule has 0 saturated heterocycles. The fourth-order valence-electron chi connectivity index (χ4n) is 3.11. The van der Waals surface area contributed by atoms with Crippen molar-refractivity contribution in [3.8, 4) is 6.07 Å². The summed E-state index contributed by atoms with van der Waals surface area (Å²) in [6.07, 6.45) is 6.76. The predicted octanol–water partition coefficient (Wildman–Crippen LogP) is 5.52. The number of hydrogen-bond acceptors (Lipinski definition) is 1. The van der Waals surface area contributed by atoms with E-state index in [-0.39, 0.29) is 0 Å². The minimum atomic E-state index is 0.594. The lowest BCUT2D eigenvalue weighted by atomic mass is 9.85. The Hall–Kier alpha value is -2.59. The second-order valence-electron chi connectivity index (χ2n) is 6.32. The Labute approximate surface area is 138 Å². The van der Waals surface area contributed by atoms with Crippen molar-refractivity contribution in [1.82, 2.24) is 0 Å². The molecule has 3 rings (SSSR count). The van der Waals surface area contributed by atoms with Crippen molar-refractivity contribution < 1.29 is 0 Å². The van der Waals surface area contributed by atoms with Crippen molar-refractivity contribution in [3.63, 3.8) is 0 Å². The van der Waals surface area contributed by atoms with Gasteiger partial charge in [0.2, 0.25) is 0 Å². The van der Waals surface area contributed by atoms with Crippen molar-refractivity contribution in [2.24, 2.45) is 5.92 Å². The molecular formula is C22H21N. The van der Waals surface area contributed by atoms with Gasteiger partial charge in [0.1, 0.15) is 0 Å². The van der Waals surface area contributed by atoms with E-state index in [2.05, 4.69) is 68.5 Å². The van der Waals surface area contributed by atoms with Crippen LogP contribution >= 0.6 is 0 Å². The summed E-state index contributed by atoms with van der Waals surface area (Å²) >= 11 is 0. The van der Waals surface area contributed by atoms with Crippen LogP contribution in [0, 0.1) is 17.2 Å². The average Bonchev–Trinajstić information content (AvgIpc) is 2.58. The van der Waals surface area contributed by atoms with Gasteiger partial charge in [-0.2, -0.15) is 5.26 Å². The first kappa shape index (κ1) is 15.3. The lowest BCUT2D eigenvalue weighted by Crippen LogP contribution is -2.02. The highest BCUT2D eigenvalue weighted by molar-refractivity contribution is 5.81. The Balaban J connectivity index is 1.95. The fourth-order valence-corrected chi connectivity index (χ4v) is 3.11. The second kappa shape index (κ2) is 6.67. The van der Waals surface area contributed by atoms with E-state index in [1.54, 1.807) is 0 Å². The quantitative estimate of drug-likeness (QED) is 0.732. The number of rotatable bonds is 3. The molecule has 114 valence electrons. The smallest absolute Gasteiger partial charge is 0.0991 e. The SMILES string of the molecule is CC1=CCC(C)C=C1c1ccccc1Cc1ccc(C#N)cc1. The topological polar surface area (TPSA) is 23.8 Å². The standard InChI is InChI=1S/C22H21N/c1-16-7-8-17(2)22(13-16)21-6-4-3-5-20(21)14-18-9-11-19(15-23)12-10-18/h3-6,8-13,16H,7,14H2,1-2H3. The van der Waals surface area contributed by atoms with Gasteiger partial charge in [0.15, 0.2) is 0 Å². The molecule has 2 aromatic carbocycles. The molecule has 0 fully saturated rings. The lowest BCUT2D eigenvalue weighted by Gasteiger charge is -2.20. The third-order valence-corrected chi connectivity index (χ3v) is 4.46. The van der Waals surface area contributed by atoms with Gasteiger partial charge in [-0.25, -0.2) is 0 Å². The van der Waals surface area contributed by atoms with Crippen molar-refractivity contribution in [1.29, 1.82) is 5.26 Å². The molecule has 0 saturated carbocycles. The zero-order valence-corrected chi connectivity index (χ0v) is 13.7. The molecule has 1 aliphatic rings. The van der Waals surface area contributed by atoms with Crippen LogP contribution in [-0.4, -0.2) is 0 Å². The molecule has 0 N–H and O–H groups in total. The molecule has 1 aliphatic carbocycles. The number of nitriles is 1. The molecular weight excluding hydrogens is 278 g/mol. The van der Waals surface area contributed by atoms with Crippen LogP contribution in [-0.2, 0) is 6.42 Å². The van der Waals surface area contributed by atoms with Crippen molar-refractivity contribution in [2.45, 2.75) is 26.7 Å². The van der Waals surface area contributed by atoms with E-state index >= 15 is 0 Å². The summed E-state index contributed by atoms with van der Waals surface area (Å²) in [6, 6.07) is 18.7. The van der Waals surface area contributed by atoms with Crippen LogP contribution in [0.3, 0.4) is 0 Å². The molecule has 0 aliphatic heterocycles. The summed E-state index contributed by atoms with van der Waals surface area (Å²) in [5.74, 6) is 0.594. The van der Waals surface area contributed by atoms with E-state index in [4.69, 9.17) is 5.26 Å². The molecule has 0 spiro atoms. The Morgan fingerprint density at radius 2 is 1.83 bits per heavy atom. The normalized spacial score (nSPS) is 17.2. The van der Waals surface area contributed by atoms with Crippen molar-refractivity contribution in [2.75, 3.05) is 0 Å². The molecule has 2 aromatic rings. The summed E-state index contributed by atoms with van der Waals surface area (Å²) in [7, 11) is 0. The third kappa shape index (κ3) is 3.43. The summed E-state index contributed by atoms with van der Waals surface area (Å²) < 4.78 is 0. The Bertz CT molecular complexity index is 801. The molecule has 0 bridgehead atoms. The van der Waals surface area contributed by atoms with E-state index in [0.29, 0.717) is 11.5 Å². The molecule has 1 heteroatoms. The number of allylic oxidation sites excluding steroid dienone is 4. The maximum atomic E-state index is 8.92. The van der Waals surface area contributed by atoms with E-state index in [1.807, 2.05) is 12.1 Å². The zero-order valence-electron chi connectivity index (χ0n) is 13.7. The molecule has 0 aromatic heterocycles. The van der Waals surface area contributed by atoms with Crippen LogP contribution in [0.25, 0.3) is 5.57 Å². The number of hydrogen-bond donors (Lipinski definition) is 0. The van der Waals surface area contributed by atoms with Gasteiger partial charge in [0, 0.05) is 0 Å². The highest BCUT2D eigenvalue weighted by Crippen LogP contribution is 2.33. The van der Waals surface area contributed by atoms with E-state index in [9.17, 15) is 0 Å². The van der Waals surface area contributed by atoms with Gasteiger partial charge in [0.25, 0.3) is 0 Å². The fraction of sp³-hybridized carbons (Fsp3) is 0.227. The molecule has 0 amide bonds. The highest BCUT2D eigenvalue weighted by atomic mass is 14.2. The van der Waals surface area contributed by atoms with E-state index in [1.165, 1.54) is 27.8 Å². The Morgan fingerprint density at radius 1 is 1.09 bits per heavy atom. The first-order valence-electron chi connectivity index (χ1n) is 8.13. The number of nitrogens with zero attached hydrogens (tertiary/aromatic N) is 1. The maximum absolute atomic E-state index is 8.92. The Kier molecular flexibility index (Phi) is 4.44. The molecule has 1 unspecified atom stereocenters. The van der Waals surface area contributed by atoms with Crippen LogP contribution in [0.15, 0.2) is 66.3 Å². The Morgan fingerprint density at radius 3 is 2.57 bits per heavy atom. The van der Waals surface area contributed by atoms with Gasteiger partial charge in [-0.1, -0.05) is 55.5 Å². The van der Waals surface area contributed by atoms with Gasteiger partial charge in [-0.15, -0.1) is 0 Å². The van der Waals surface area contributed by atoms with Gasteiger partial charge >= 0.3 is 0 Å². The van der Waals surface area contributed by atoms with Gasteiger partial charge in [0.05, 0.1) is 11.6 Å². The van der Waals surface area contributed by atoms with Crippen LogP contribution in [0.2, 0.25) is 0 Å². The van der Waals surface area contributed by atoms with Crippen LogP contribution in [0.4, 0.5) is 0 Å². The predicted molar refractivity (Wildman–Crippen MR) is 95.9 cm³/mol. The third-order valence-electron chi connectivity index (χ3n) is 4.46. The van der Waals surface area contributed by atoms with Gasteiger partial charge < -0.3 is 0 Å². The first-order valence-corrected chi connectivity index (χ1v) is 8.13. The largest absolute Gasteiger partial charge is 0.192 e. The van der Waals surface area contributed by atoms with Crippen molar-refractivity contribution in [3.05, 3.63) is 88.5 Å². The van der Waals surface area contributed by atoms with Crippen LogP contribution in [0.5, 0.6) is 0 Å². The van der Waals surface area contributed by atoms with Crippen LogP contribution in [0.1, 0.15) is 42.5 Å². The molecule has 1 atom stereocenters. The van der Waals surface area contributed by atoms with Crippen LogP contribution < -0.4 is 0 Å². The van der Waals surface area contributed by atoms with Crippen molar-refractivity contribution >= 4 is 5.57 Å².